The topological polar surface area (TPSA) is 66.0 Å². The minimum atomic E-state index is -0.281. The van der Waals surface area contributed by atoms with Crippen LogP contribution in [0.5, 0.6) is 0 Å². The molecule has 0 saturated carbocycles. The molecular formula is C15H20N4OS. The predicted octanol–water partition coefficient (Wildman–Crippen LogP) is 3.85. The van der Waals surface area contributed by atoms with Gasteiger partial charge in [0.25, 0.3) is 0 Å². The fourth-order valence-electron chi connectivity index (χ4n) is 1.91. The summed E-state index contributed by atoms with van der Waals surface area (Å²) >= 11 is 1.39. The number of anilines is 2. The molecule has 112 valence electrons. The second kappa shape index (κ2) is 7.75. The molecule has 0 fully saturated rings. The Morgan fingerprint density at radius 2 is 2.24 bits per heavy atom. The van der Waals surface area contributed by atoms with Crippen molar-refractivity contribution in [2.75, 3.05) is 17.2 Å². The molecule has 21 heavy (non-hydrogen) atoms. The van der Waals surface area contributed by atoms with E-state index in [2.05, 4.69) is 40.8 Å². The van der Waals surface area contributed by atoms with Crippen LogP contribution in [0.2, 0.25) is 0 Å². The van der Waals surface area contributed by atoms with Gasteiger partial charge in [0.15, 0.2) is 5.13 Å². The van der Waals surface area contributed by atoms with Crippen LogP contribution in [-0.4, -0.2) is 17.6 Å². The van der Waals surface area contributed by atoms with Gasteiger partial charge in [-0.15, -0.1) is 11.3 Å². The highest BCUT2D eigenvalue weighted by atomic mass is 32.1. The van der Waals surface area contributed by atoms with E-state index < -0.39 is 0 Å². The van der Waals surface area contributed by atoms with Gasteiger partial charge >= 0.3 is 6.03 Å². The minimum Gasteiger partial charge on any atom is -0.310 e. The van der Waals surface area contributed by atoms with Crippen LogP contribution in [0.4, 0.5) is 15.6 Å². The van der Waals surface area contributed by atoms with Crippen molar-refractivity contribution in [2.45, 2.75) is 26.3 Å². The van der Waals surface area contributed by atoms with Crippen molar-refractivity contribution in [3.05, 3.63) is 41.4 Å². The molecule has 0 spiro atoms. The molecule has 2 amide bonds. The van der Waals surface area contributed by atoms with Crippen LogP contribution in [0.15, 0.2) is 35.8 Å². The molecular weight excluding hydrogens is 284 g/mol. The van der Waals surface area contributed by atoms with Gasteiger partial charge in [-0.1, -0.05) is 19.1 Å². The zero-order valence-corrected chi connectivity index (χ0v) is 13.0. The molecule has 0 radical (unpaired) electrons. The zero-order valence-electron chi connectivity index (χ0n) is 12.2. The highest BCUT2D eigenvalue weighted by molar-refractivity contribution is 7.13. The summed E-state index contributed by atoms with van der Waals surface area (Å²) < 4.78 is 0. The SMILES string of the molecule is CCCNC(C)c1cccc(NC(=O)Nc2nccs2)c1. The molecule has 2 aromatic rings. The van der Waals surface area contributed by atoms with E-state index >= 15 is 0 Å². The Hall–Kier alpha value is -1.92. The van der Waals surface area contributed by atoms with Crippen molar-refractivity contribution in [3.63, 3.8) is 0 Å². The number of amides is 2. The number of hydrogen-bond acceptors (Lipinski definition) is 4. The molecule has 0 aliphatic rings. The van der Waals surface area contributed by atoms with Crippen LogP contribution in [0, 0.1) is 0 Å². The van der Waals surface area contributed by atoms with Crippen LogP contribution < -0.4 is 16.0 Å². The van der Waals surface area contributed by atoms with E-state index in [-0.39, 0.29) is 12.1 Å². The summed E-state index contributed by atoms with van der Waals surface area (Å²) in [7, 11) is 0. The Balaban J connectivity index is 1.95. The molecule has 2 rings (SSSR count). The highest BCUT2D eigenvalue weighted by Crippen LogP contribution is 2.18. The highest BCUT2D eigenvalue weighted by Gasteiger charge is 2.07. The van der Waals surface area contributed by atoms with Crippen LogP contribution in [0.1, 0.15) is 31.9 Å². The molecule has 3 N–H and O–H groups in total. The molecule has 0 saturated heterocycles. The number of nitrogens with one attached hydrogen (secondary N) is 3. The lowest BCUT2D eigenvalue weighted by molar-refractivity contribution is 0.262. The summed E-state index contributed by atoms with van der Waals surface area (Å²) in [6, 6.07) is 7.83. The van der Waals surface area contributed by atoms with Gasteiger partial charge in [-0.2, -0.15) is 0 Å². The first-order valence-electron chi connectivity index (χ1n) is 7.00. The number of benzene rings is 1. The van der Waals surface area contributed by atoms with Gasteiger partial charge in [-0.25, -0.2) is 9.78 Å². The fourth-order valence-corrected chi connectivity index (χ4v) is 2.43. The van der Waals surface area contributed by atoms with Crippen molar-refractivity contribution < 1.29 is 4.79 Å². The molecule has 1 unspecified atom stereocenters. The van der Waals surface area contributed by atoms with Crippen LogP contribution >= 0.6 is 11.3 Å². The van der Waals surface area contributed by atoms with Crippen molar-refractivity contribution in [1.82, 2.24) is 10.3 Å². The van der Waals surface area contributed by atoms with E-state index in [9.17, 15) is 4.79 Å². The molecule has 0 aliphatic carbocycles. The Labute approximate surface area is 128 Å². The second-order valence-corrected chi connectivity index (χ2v) is 5.61. The smallest absolute Gasteiger partial charge is 0.310 e. The quantitative estimate of drug-likeness (QED) is 0.759. The average molecular weight is 304 g/mol. The Morgan fingerprint density at radius 1 is 1.38 bits per heavy atom. The van der Waals surface area contributed by atoms with Gasteiger partial charge in [0.05, 0.1) is 0 Å². The predicted molar refractivity (Wildman–Crippen MR) is 87.9 cm³/mol. The van der Waals surface area contributed by atoms with Gasteiger partial charge in [0.1, 0.15) is 0 Å². The lowest BCUT2D eigenvalue weighted by Gasteiger charge is -2.15. The van der Waals surface area contributed by atoms with E-state index in [0.29, 0.717) is 5.13 Å². The maximum atomic E-state index is 11.9. The number of urea groups is 1. The normalized spacial score (nSPS) is 11.9. The summed E-state index contributed by atoms with van der Waals surface area (Å²) in [4.78, 5) is 15.9. The first-order chi connectivity index (χ1) is 10.2. The first kappa shape index (κ1) is 15.5. The van der Waals surface area contributed by atoms with Gasteiger partial charge in [0.2, 0.25) is 0 Å². The fraction of sp³-hybridized carbons (Fsp3) is 0.333. The number of rotatable bonds is 6. The minimum absolute atomic E-state index is 0.258. The molecule has 1 heterocycles. The zero-order chi connectivity index (χ0) is 15.1. The van der Waals surface area contributed by atoms with E-state index in [4.69, 9.17) is 0 Å². The number of hydrogen-bond donors (Lipinski definition) is 3. The van der Waals surface area contributed by atoms with E-state index in [1.165, 1.54) is 11.3 Å². The summed E-state index contributed by atoms with van der Waals surface area (Å²) in [6.45, 7) is 5.23. The first-order valence-corrected chi connectivity index (χ1v) is 7.88. The van der Waals surface area contributed by atoms with Crippen molar-refractivity contribution in [3.8, 4) is 0 Å². The second-order valence-electron chi connectivity index (χ2n) is 4.72. The lowest BCUT2D eigenvalue weighted by Crippen LogP contribution is -2.21. The largest absolute Gasteiger partial charge is 0.325 e. The summed E-state index contributed by atoms with van der Waals surface area (Å²) in [5.74, 6) is 0. The van der Waals surface area contributed by atoms with E-state index in [1.807, 2.05) is 23.6 Å². The maximum absolute atomic E-state index is 11.9. The summed E-state index contributed by atoms with van der Waals surface area (Å²) in [5.41, 5.74) is 1.92. The molecule has 1 aromatic heterocycles. The van der Waals surface area contributed by atoms with Crippen molar-refractivity contribution in [2.24, 2.45) is 0 Å². The Morgan fingerprint density at radius 3 is 2.95 bits per heavy atom. The van der Waals surface area contributed by atoms with Gasteiger partial charge in [-0.05, 0) is 37.6 Å². The van der Waals surface area contributed by atoms with Gasteiger partial charge < -0.3 is 10.6 Å². The van der Waals surface area contributed by atoms with Gasteiger partial charge in [0, 0.05) is 23.3 Å². The number of nitrogens with zero attached hydrogens (tertiary/aromatic N) is 1. The Bertz CT molecular complexity index is 571. The van der Waals surface area contributed by atoms with Gasteiger partial charge in [-0.3, -0.25) is 5.32 Å². The molecule has 1 aromatic carbocycles. The summed E-state index contributed by atoms with van der Waals surface area (Å²) in [5, 5.41) is 11.3. The average Bonchev–Trinajstić information content (AvgIpc) is 2.97. The lowest BCUT2D eigenvalue weighted by atomic mass is 10.1. The molecule has 0 aliphatic heterocycles. The monoisotopic (exact) mass is 304 g/mol. The van der Waals surface area contributed by atoms with Crippen LogP contribution in [0.25, 0.3) is 0 Å². The van der Waals surface area contributed by atoms with Crippen LogP contribution in [-0.2, 0) is 0 Å². The number of carbonyl (C=O) groups is 1. The Kier molecular flexibility index (Phi) is 5.71. The third-order valence-corrected chi connectivity index (χ3v) is 3.69. The number of thiazole rings is 1. The third kappa shape index (κ3) is 4.84. The molecule has 5 nitrogen and oxygen atoms in total. The van der Waals surface area contributed by atoms with Crippen molar-refractivity contribution >= 4 is 28.2 Å². The van der Waals surface area contributed by atoms with Crippen molar-refractivity contribution in [1.29, 1.82) is 0 Å². The number of aromatic nitrogens is 1. The molecule has 6 heteroatoms. The number of carbonyl (C=O) groups excluding carboxylic acids is 1. The third-order valence-electron chi connectivity index (χ3n) is 3.00. The van der Waals surface area contributed by atoms with E-state index in [0.717, 1.165) is 24.2 Å². The maximum Gasteiger partial charge on any atom is 0.325 e. The molecule has 0 bridgehead atoms. The molecule has 1 atom stereocenters. The summed E-state index contributed by atoms with van der Waals surface area (Å²) in [6.07, 6.45) is 2.75. The standard InChI is InChI=1S/C15H20N4OS/c1-3-7-16-11(2)12-5-4-6-13(10-12)18-14(20)19-15-17-8-9-21-15/h4-6,8-11,16H,3,7H2,1-2H3,(H2,17,18,19,20). The van der Waals surface area contributed by atoms with E-state index in [1.54, 1.807) is 6.20 Å². The van der Waals surface area contributed by atoms with Crippen LogP contribution in [0.3, 0.4) is 0 Å².